The van der Waals surface area contributed by atoms with Crippen molar-refractivity contribution < 1.29 is 23.9 Å². The third-order valence-corrected chi connectivity index (χ3v) is 7.85. The van der Waals surface area contributed by atoms with Crippen molar-refractivity contribution in [2.75, 3.05) is 46.4 Å². The van der Waals surface area contributed by atoms with Crippen molar-refractivity contribution >= 4 is 28.8 Å². The molecule has 226 valence electrons. The molecule has 0 aliphatic carbocycles. The van der Waals surface area contributed by atoms with Crippen LogP contribution in [0.25, 0.3) is 11.0 Å². The number of carbonyl (C=O) groups excluding carboxylic acids is 3. The molecule has 2 fully saturated rings. The predicted molar refractivity (Wildman–Crippen MR) is 160 cm³/mol. The number of aryl methyl sites for hydroxylation is 1. The van der Waals surface area contributed by atoms with Crippen LogP contribution in [0.3, 0.4) is 0 Å². The Hall–Kier alpha value is -4.24. The first-order valence-corrected chi connectivity index (χ1v) is 14.5. The molecule has 1 aromatic heterocycles. The van der Waals surface area contributed by atoms with Crippen LogP contribution >= 0.6 is 0 Å². The second kappa shape index (κ2) is 13.8. The standard InChI is InChI=1S/C32H37N5O6/c1-34(21-29(39)43-22-23-8-4-3-5-9-23)17-15-25-20-36(18-19-42-25)16-7-11-24-10-6-12-26-30(24)35(2)32(41)37(26)27-13-14-28(38)33-31(27)40/h3-6,8-10,12,25,27H,13-22H2,1-2H3,(H,33,38,40)/t25-,27?/m1/s1. The number of imidazole rings is 1. The smallest absolute Gasteiger partial charge is 0.329 e. The number of nitrogens with zero attached hydrogens (tertiary/aromatic N) is 4. The molecule has 5 rings (SSSR count). The topological polar surface area (TPSA) is 115 Å². The van der Waals surface area contributed by atoms with Crippen LogP contribution in [0, 0.1) is 11.8 Å². The van der Waals surface area contributed by atoms with E-state index in [1.807, 2.05) is 54.4 Å². The van der Waals surface area contributed by atoms with Crippen molar-refractivity contribution in [2.24, 2.45) is 7.05 Å². The number of para-hydroxylation sites is 1. The Bertz CT molecular complexity index is 1600. The van der Waals surface area contributed by atoms with E-state index < -0.39 is 11.9 Å². The molecule has 43 heavy (non-hydrogen) atoms. The first-order valence-electron chi connectivity index (χ1n) is 14.5. The lowest BCUT2D eigenvalue weighted by Gasteiger charge is -2.32. The van der Waals surface area contributed by atoms with Gasteiger partial charge in [-0.25, -0.2) is 4.79 Å². The number of amides is 2. The number of rotatable bonds is 9. The molecule has 0 bridgehead atoms. The first-order chi connectivity index (χ1) is 20.8. The van der Waals surface area contributed by atoms with Crippen LogP contribution in [0.15, 0.2) is 53.3 Å². The lowest BCUT2D eigenvalue weighted by molar-refractivity contribution is -0.146. The molecule has 0 radical (unpaired) electrons. The van der Waals surface area contributed by atoms with Crippen LogP contribution < -0.4 is 11.0 Å². The summed E-state index contributed by atoms with van der Waals surface area (Å²) in [4.78, 5) is 53.7. The third-order valence-electron chi connectivity index (χ3n) is 7.85. The van der Waals surface area contributed by atoms with E-state index in [-0.39, 0.29) is 49.7 Å². The first kappa shape index (κ1) is 30.2. The number of aromatic nitrogens is 2. The van der Waals surface area contributed by atoms with Crippen molar-refractivity contribution in [1.82, 2.24) is 24.3 Å². The summed E-state index contributed by atoms with van der Waals surface area (Å²) in [6, 6.07) is 14.4. The van der Waals surface area contributed by atoms with Gasteiger partial charge < -0.3 is 9.47 Å². The summed E-state index contributed by atoms with van der Waals surface area (Å²) in [7, 11) is 3.57. The van der Waals surface area contributed by atoms with Gasteiger partial charge in [-0.2, -0.15) is 0 Å². The quantitative estimate of drug-likeness (QED) is 0.227. The van der Waals surface area contributed by atoms with Gasteiger partial charge in [0.25, 0.3) is 0 Å². The van der Waals surface area contributed by atoms with Crippen LogP contribution in [0.4, 0.5) is 0 Å². The fourth-order valence-corrected chi connectivity index (χ4v) is 5.56. The predicted octanol–water partition coefficient (Wildman–Crippen LogP) is 1.44. The summed E-state index contributed by atoms with van der Waals surface area (Å²) in [5.41, 5.74) is 2.63. The summed E-state index contributed by atoms with van der Waals surface area (Å²) in [5, 5.41) is 2.34. The molecular formula is C32H37N5O6. The summed E-state index contributed by atoms with van der Waals surface area (Å²) in [6.07, 6.45) is 1.29. The largest absolute Gasteiger partial charge is 0.460 e. The van der Waals surface area contributed by atoms with Gasteiger partial charge in [-0.05, 0) is 37.6 Å². The maximum absolute atomic E-state index is 13.1. The van der Waals surface area contributed by atoms with E-state index in [2.05, 4.69) is 22.1 Å². The molecule has 3 heterocycles. The normalized spacial score (nSPS) is 19.2. The highest BCUT2D eigenvalue weighted by Gasteiger charge is 2.31. The SMILES string of the molecule is CN(CC[C@@H]1CN(CC#Cc2cccc3c2n(C)c(=O)n3C2CCC(=O)NC2=O)CCO1)CC(=O)OCc1ccccc1. The van der Waals surface area contributed by atoms with E-state index in [1.165, 1.54) is 9.13 Å². The third kappa shape index (κ3) is 7.40. The zero-order valence-electron chi connectivity index (χ0n) is 24.6. The highest BCUT2D eigenvalue weighted by atomic mass is 16.5. The number of morpholine rings is 1. The Labute approximate surface area is 250 Å². The van der Waals surface area contributed by atoms with Gasteiger partial charge in [0.05, 0.1) is 42.4 Å². The summed E-state index contributed by atoms with van der Waals surface area (Å²) in [6.45, 7) is 3.83. The molecule has 1 N–H and O–H groups in total. The number of benzene rings is 2. The van der Waals surface area contributed by atoms with E-state index in [0.29, 0.717) is 36.3 Å². The number of ether oxygens (including phenoxy) is 2. The summed E-state index contributed by atoms with van der Waals surface area (Å²) < 4.78 is 14.3. The Morgan fingerprint density at radius 2 is 1.95 bits per heavy atom. The van der Waals surface area contributed by atoms with Crippen LogP contribution in [-0.2, 0) is 37.5 Å². The molecule has 3 aromatic rings. The number of piperidine rings is 1. The zero-order valence-corrected chi connectivity index (χ0v) is 24.6. The van der Waals surface area contributed by atoms with Crippen molar-refractivity contribution in [3.05, 3.63) is 70.1 Å². The number of carbonyl (C=O) groups is 3. The van der Waals surface area contributed by atoms with Gasteiger partial charge in [-0.3, -0.25) is 38.6 Å². The molecule has 2 aliphatic heterocycles. The number of hydrogen-bond donors (Lipinski definition) is 1. The van der Waals surface area contributed by atoms with Crippen molar-refractivity contribution in [2.45, 2.75) is 38.0 Å². The molecule has 1 unspecified atom stereocenters. The van der Waals surface area contributed by atoms with E-state index in [9.17, 15) is 19.2 Å². The number of esters is 1. The van der Waals surface area contributed by atoms with Crippen molar-refractivity contribution in [3.8, 4) is 11.8 Å². The summed E-state index contributed by atoms with van der Waals surface area (Å²) in [5.74, 6) is 5.44. The molecule has 2 saturated heterocycles. The minimum absolute atomic E-state index is 0.0325. The van der Waals surface area contributed by atoms with E-state index in [1.54, 1.807) is 13.1 Å². The molecule has 0 spiro atoms. The van der Waals surface area contributed by atoms with E-state index >= 15 is 0 Å². The van der Waals surface area contributed by atoms with Crippen LogP contribution in [0.5, 0.6) is 0 Å². The number of fused-ring (bicyclic) bond motifs is 1. The fraction of sp³-hybridized carbons (Fsp3) is 0.438. The monoisotopic (exact) mass is 587 g/mol. The molecule has 2 amide bonds. The van der Waals surface area contributed by atoms with Gasteiger partial charge in [0.1, 0.15) is 12.6 Å². The second-order valence-corrected chi connectivity index (χ2v) is 11.1. The van der Waals surface area contributed by atoms with Gasteiger partial charge in [-0.1, -0.05) is 48.2 Å². The molecular weight excluding hydrogens is 550 g/mol. The lowest BCUT2D eigenvalue weighted by atomic mass is 10.1. The minimum Gasteiger partial charge on any atom is -0.460 e. The maximum atomic E-state index is 13.1. The molecule has 11 heteroatoms. The van der Waals surface area contributed by atoms with Crippen LogP contribution in [-0.4, -0.2) is 89.2 Å². The minimum atomic E-state index is -0.735. The highest BCUT2D eigenvalue weighted by molar-refractivity contribution is 6.00. The lowest BCUT2D eigenvalue weighted by Crippen LogP contribution is -2.44. The highest BCUT2D eigenvalue weighted by Crippen LogP contribution is 2.24. The molecule has 0 saturated carbocycles. The van der Waals surface area contributed by atoms with Crippen LogP contribution in [0.2, 0.25) is 0 Å². The molecule has 11 nitrogen and oxygen atoms in total. The van der Waals surface area contributed by atoms with Gasteiger partial charge in [0, 0.05) is 33.1 Å². The Balaban J connectivity index is 1.15. The molecule has 2 atom stereocenters. The summed E-state index contributed by atoms with van der Waals surface area (Å²) >= 11 is 0. The Morgan fingerprint density at radius 3 is 2.74 bits per heavy atom. The second-order valence-electron chi connectivity index (χ2n) is 11.1. The average molecular weight is 588 g/mol. The van der Waals surface area contributed by atoms with E-state index in [0.717, 1.165) is 25.1 Å². The van der Waals surface area contributed by atoms with Gasteiger partial charge in [0.2, 0.25) is 11.8 Å². The zero-order chi connectivity index (χ0) is 30.3. The average Bonchev–Trinajstić information content (AvgIpc) is 3.26. The molecule has 2 aliphatic rings. The Morgan fingerprint density at radius 1 is 1.14 bits per heavy atom. The number of nitrogens with one attached hydrogen (secondary N) is 1. The number of likely N-dealkylation sites (N-methyl/N-ethyl adjacent to an activating group) is 1. The van der Waals surface area contributed by atoms with E-state index in [4.69, 9.17) is 9.47 Å². The van der Waals surface area contributed by atoms with Gasteiger partial charge >= 0.3 is 11.7 Å². The number of imide groups is 1. The van der Waals surface area contributed by atoms with Crippen molar-refractivity contribution in [3.63, 3.8) is 0 Å². The fourth-order valence-electron chi connectivity index (χ4n) is 5.56. The Kier molecular flexibility index (Phi) is 9.72. The van der Waals surface area contributed by atoms with Crippen LogP contribution in [0.1, 0.15) is 36.4 Å². The molecule has 2 aromatic carbocycles. The van der Waals surface area contributed by atoms with Crippen molar-refractivity contribution in [1.29, 1.82) is 0 Å². The maximum Gasteiger partial charge on any atom is 0.329 e. The van der Waals surface area contributed by atoms with Gasteiger partial charge in [0.15, 0.2) is 0 Å². The van der Waals surface area contributed by atoms with Gasteiger partial charge in [-0.15, -0.1) is 0 Å². The number of hydrogen-bond acceptors (Lipinski definition) is 8.